The number of aliphatic hydroxyl groups is 8. The summed E-state index contributed by atoms with van der Waals surface area (Å²) in [5.41, 5.74) is 0. The molecular weight excluding hydrogens is 1110 g/mol. The third-order valence-corrected chi connectivity index (χ3v) is 16.4. The van der Waals surface area contributed by atoms with Crippen molar-refractivity contribution < 1.29 is 64.6 Å². The maximum Gasteiger partial charge on any atom is 0.220 e. The normalized spacial score (nSPS) is 23.8. The van der Waals surface area contributed by atoms with Gasteiger partial charge in [0.2, 0.25) is 5.91 Å². The summed E-state index contributed by atoms with van der Waals surface area (Å²) in [7, 11) is 0. The molecule has 0 aromatic carbocycles. The molecule has 2 saturated heterocycles. The number of carbonyl (C=O) groups excluding carboxylic acids is 1. The van der Waals surface area contributed by atoms with Gasteiger partial charge in [-0.15, -0.1) is 0 Å². The van der Waals surface area contributed by atoms with Crippen LogP contribution in [0.15, 0.2) is 109 Å². The molecule has 506 valence electrons. The van der Waals surface area contributed by atoms with Crippen molar-refractivity contribution in [3.63, 3.8) is 0 Å². The van der Waals surface area contributed by atoms with Gasteiger partial charge >= 0.3 is 0 Å². The quantitative estimate of drug-likeness (QED) is 0.0204. The molecule has 14 heteroatoms. The van der Waals surface area contributed by atoms with Crippen LogP contribution in [0.1, 0.15) is 258 Å². The third kappa shape index (κ3) is 41.2. The number of rotatable bonds is 56. The maximum absolute atomic E-state index is 13.3. The van der Waals surface area contributed by atoms with Gasteiger partial charge in [0.05, 0.1) is 32.0 Å². The van der Waals surface area contributed by atoms with Crippen LogP contribution in [0.5, 0.6) is 0 Å². The highest BCUT2D eigenvalue weighted by molar-refractivity contribution is 5.76. The van der Waals surface area contributed by atoms with Crippen molar-refractivity contribution >= 4 is 5.91 Å². The zero-order valence-electron chi connectivity index (χ0n) is 54.9. The lowest BCUT2D eigenvalue weighted by Gasteiger charge is -2.46. The van der Waals surface area contributed by atoms with Crippen LogP contribution in [0.4, 0.5) is 0 Å². The van der Waals surface area contributed by atoms with Gasteiger partial charge in [0.15, 0.2) is 12.6 Å². The van der Waals surface area contributed by atoms with Crippen molar-refractivity contribution in [3.8, 4) is 0 Å². The van der Waals surface area contributed by atoms with Gasteiger partial charge < -0.3 is 65.1 Å². The summed E-state index contributed by atoms with van der Waals surface area (Å²) >= 11 is 0. The second kappa shape index (κ2) is 57.5. The number of hydrogen-bond acceptors (Lipinski definition) is 13. The van der Waals surface area contributed by atoms with Crippen LogP contribution in [-0.2, 0) is 23.7 Å². The number of unbranched alkanes of at least 4 members (excludes halogenated alkanes) is 27. The SMILES string of the molecule is CC/C=C\C/C=C\C/C=C\C/C=C\C/C=C\C/C=C\CCCCCCCCCCCCCCC(=O)NC(COC1OC(CO)C(OC2OC(CO)C(O)C(O)C2O)C(O)C1O)C(O)/C=C/CC/C=C/CC/C=C/CCCCCCCCCCCCCCC. The highest BCUT2D eigenvalue weighted by Gasteiger charge is 2.51. The lowest BCUT2D eigenvalue weighted by Crippen LogP contribution is -2.65. The summed E-state index contributed by atoms with van der Waals surface area (Å²) in [5.74, 6) is -0.258. The molecule has 0 spiro atoms. The molecule has 0 radical (unpaired) electrons. The number of carbonyl (C=O) groups is 1. The molecule has 1 amide bonds. The smallest absolute Gasteiger partial charge is 0.220 e. The van der Waals surface area contributed by atoms with Gasteiger partial charge in [-0.3, -0.25) is 4.79 Å². The second-order valence-electron chi connectivity index (χ2n) is 24.3. The van der Waals surface area contributed by atoms with Crippen molar-refractivity contribution in [2.24, 2.45) is 0 Å². The first-order valence-electron chi connectivity index (χ1n) is 35.1. The number of ether oxygens (including phenoxy) is 4. The predicted octanol–water partition coefficient (Wildman–Crippen LogP) is 14.3. The monoisotopic (exact) mass is 1240 g/mol. The van der Waals surface area contributed by atoms with Gasteiger partial charge in [0, 0.05) is 6.42 Å². The Balaban J connectivity index is 1.70. The van der Waals surface area contributed by atoms with E-state index in [2.05, 4.69) is 116 Å². The topological polar surface area (TPSA) is 228 Å². The second-order valence-corrected chi connectivity index (χ2v) is 24.3. The molecule has 0 aliphatic carbocycles. The summed E-state index contributed by atoms with van der Waals surface area (Å²) < 4.78 is 22.8. The third-order valence-electron chi connectivity index (χ3n) is 16.4. The largest absolute Gasteiger partial charge is 0.394 e. The highest BCUT2D eigenvalue weighted by Crippen LogP contribution is 2.30. The van der Waals surface area contributed by atoms with Crippen LogP contribution >= 0.6 is 0 Å². The molecule has 2 fully saturated rings. The van der Waals surface area contributed by atoms with E-state index in [0.717, 1.165) is 89.9 Å². The molecule has 12 unspecified atom stereocenters. The Morgan fingerprint density at radius 3 is 1.25 bits per heavy atom. The van der Waals surface area contributed by atoms with Crippen molar-refractivity contribution in [1.82, 2.24) is 5.32 Å². The van der Waals surface area contributed by atoms with E-state index < -0.39 is 86.8 Å². The lowest BCUT2D eigenvalue weighted by molar-refractivity contribution is -0.359. The van der Waals surface area contributed by atoms with E-state index in [1.54, 1.807) is 6.08 Å². The molecule has 88 heavy (non-hydrogen) atoms. The predicted molar refractivity (Wildman–Crippen MR) is 359 cm³/mol. The van der Waals surface area contributed by atoms with Crippen LogP contribution in [0.25, 0.3) is 0 Å². The van der Waals surface area contributed by atoms with E-state index in [0.29, 0.717) is 12.8 Å². The number of nitrogens with one attached hydrogen (secondary N) is 1. The van der Waals surface area contributed by atoms with Crippen molar-refractivity contribution in [3.05, 3.63) is 109 Å². The zero-order valence-corrected chi connectivity index (χ0v) is 54.9. The summed E-state index contributed by atoms with van der Waals surface area (Å²) in [6.07, 6.45) is 65.6. The molecule has 0 saturated carbocycles. The van der Waals surface area contributed by atoms with E-state index in [9.17, 15) is 45.6 Å². The van der Waals surface area contributed by atoms with Crippen molar-refractivity contribution in [1.29, 1.82) is 0 Å². The molecule has 2 aliphatic heterocycles. The van der Waals surface area contributed by atoms with Gasteiger partial charge in [-0.1, -0.05) is 264 Å². The molecule has 2 rings (SSSR count). The minimum atomic E-state index is -1.80. The minimum absolute atomic E-state index is 0.258. The Labute approximate surface area is 534 Å². The van der Waals surface area contributed by atoms with E-state index in [1.807, 2.05) is 6.08 Å². The Morgan fingerprint density at radius 1 is 0.420 bits per heavy atom. The van der Waals surface area contributed by atoms with E-state index in [-0.39, 0.29) is 18.9 Å². The number of aliphatic hydroxyl groups excluding tert-OH is 8. The lowest BCUT2D eigenvalue weighted by atomic mass is 9.97. The highest BCUT2D eigenvalue weighted by atomic mass is 16.7. The van der Waals surface area contributed by atoms with Gasteiger partial charge in [0.25, 0.3) is 0 Å². The Kier molecular flexibility index (Phi) is 52.8. The Morgan fingerprint density at radius 2 is 0.795 bits per heavy atom. The van der Waals surface area contributed by atoms with Crippen LogP contribution < -0.4 is 5.32 Å². The Hall–Kier alpha value is -3.35. The van der Waals surface area contributed by atoms with Crippen molar-refractivity contribution in [2.75, 3.05) is 19.8 Å². The van der Waals surface area contributed by atoms with Gasteiger partial charge in [-0.05, 0) is 96.3 Å². The molecule has 12 atom stereocenters. The molecule has 0 aromatic rings. The fourth-order valence-corrected chi connectivity index (χ4v) is 10.9. The first-order valence-corrected chi connectivity index (χ1v) is 35.1. The molecule has 2 aliphatic rings. The standard InChI is InChI=1S/C74H127NO13/c1-3-5-7-9-11-13-15-17-19-21-23-25-27-28-29-30-31-32-33-34-36-38-40-42-44-46-48-50-52-54-56-58-66(79)75-62(61-85-73-71(84)69(82)72(65(60-77)87-73)88-74-70(83)68(81)67(80)64(59-76)86-74)63(78)57-55-53-51-49-47-45-43-41-39-37-35-26-24-22-20-18-16-14-12-10-8-6-4-2/h5,7,11,13,17,19,23,25,28-29,31-32,39,41,47,49,55,57,62-65,67-74,76-78,80-84H,3-4,6,8-10,12,14-16,18,20-22,24,26-27,30,33-38,40,42-46,48,50-54,56,58-61H2,1-2H3,(H,75,79)/b7-5-,13-11-,19-17-,25-23-,29-28-,32-31-,41-39+,49-47+,57-55+. The van der Waals surface area contributed by atoms with E-state index >= 15 is 0 Å². The molecule has 0 aromatic heterocycles. The van der Waals surface area contributed by atoms with E-state index in [1.165, 1.54) is 135 Å². The Bertz CT molecular complexity index is 1890. The molecule has 14 nitrogen and oxygen atoms in total. The number of amides is 1. The summed E-state index contributed by atoms with van der Waals surface area (Å²) in [6.45, 7) is 2.67. The maximum atomic E-state index is 13.3. The molecular formula is C74H127NO13. The van der Waals surface area contributed by atoms with Crippen LogP contribution in [0.3, 0.4) is 0 Å². The fourth-order valence-electron chi connectivity index (χ4n) is 10.9. The molecule has 2 heterocycles. The first-order chi connectivity index (χ1) is 43.1. The van der Waals surface area contributed by atoms with Crippen LogP contribution in [0, 0.1) is 0 Å². The first kappa shape index (κ1) is 80.7. The average molecular weight is 1240 g/mol. The summed E-state index contributed by atoms with van der Waals surface area (Å²) in [4.78, 5) is 13.3. The molecule has 0 bridgehead atoms. The van der Waals surface area contributed by atoms with Crippen molar-refractivity contribution in [2.45, 2.75) is 331 Å². The molecule has 9 N–H and O–H groups in total. The van der Waals surface area contributed by atoms with Gasteiger partial charge in [0.1, 0.15) is 48.8 Å². The average Bonchev–Trinajstić information content (AvgIpc) is 3.10. The minimum Gasteiger partial charge on any atom is -0.394 e. The fraction of sp³-hybridized carbons (Fsp3) is 0.743. The van der Waals surface area contributed by atoms with Crippen LogP contribution in [-0.4, -0.2) is 140 Å². The summed E-state index contributed by atoms with van der Waals surface area (Å²) in [5, 5.41) is 87.4. The zero-order chi connectivity index (χ0) is 63.8. The number of allylic oxidation sites excluding steroid dienone is 17. The summed E-state index contributed by atoms with van der Waals surface area (Å²) in [6, 6.07) is -0.947. The van der Waals surface area contributed by atoms with E-state index in [4.69, 9.17) is 18.9 Å². The van der Waals surface area contributed by atoms with Crippen LogP contribution in [0.2, 0.25) is 0 Å². The van der Waals surface area contributed by atoms with Gasteiger partial charge in [-0.25, -0.2) is 0 Å². The number of hydrogen-bond donors (Lipinski definition) is 9. The van der Waals surface area contributed by atoms with Gasteiger partial charge in [-0.2, -0.15) is 0 Å².